The number of sulfonamides is 1. The maximum Gasteiger partial charge on any atom is 0.264 e. The van der Waals surface area contributed by atoms with Gasteiger partial charge in [0.25, 0.3) is 15.9 Å². The first-order chi connectivity index (χ1) is 15.3. The summed E-state index contributed by atoms with van der Waals surface area (Å²) in [6.45, 7) is 4.07. The van der Waals surface area contributed by atoms with Crippen LogP contribution >= 0.6 is 0 Å². The van der Waals surface area contributed by atoms with Crippen LogP contribution in [-0.2, 0) is 22.9 Å². The van der Waals surface area contributed by atoms with E-state index in [2.05, 4.69) is 5.32 Å². The Morgan fingerprint density at radius 2 is 1.53 bits per heavy atom. The molecule has 0 aliphatic carbocycles. The first-order valence-corrected chi connectivity index (χ1v) is 11.9. The van der Waals surface area contributed by atoms with Crippen LogP contribution in [-0.4, -0.2) is 28.5 Å². The third-order valence-electron chi connectivity index (χ3n) is 5.43. The van der Waals surface area contributed by atoms with Gasteiger partial charge in [0.05, 0.1) is 17.7 Å². The molecule has 0 radical (unpaired) electrons. The minimum absolute atomic E-state index is 0.0444. The van der Waals surface area contributed by atoms with Crippen molar-refractivity contribution < 1.29 is 17.9 Å². The fraction of sp³-hybridized carbons (Fsp3) is 0.240. The van der Waals surface area contributed by atoms with Crippen LogP contribution < -0.4 is 14.4 Å². The summed E-state index contributed by atoms with van der Waals surface area (Å²) in [5.41, 5.74) is 3.65. The highest BCUT2D eigenvalue weighted by Crippen LogP contribution is 2.26. The number of para-hydroxylation sites is 1. The molecule has 0 aliphatic heterocycles. The average Bonchev–Trinajstić information content (AvgIpc) is 2.83. The van der Waals surface area contributed by atoms with E-state index in [0.29, 0.717) is 11.4 Å². The lowest BCUT2D eigenvalue weighted by molar-refractivity contribution is 0.102. The van der Waals surface area contributed by atoms with Crippen LogP contribution in [0, 0.1) is 0 Å². The molecule has 168 valence electrons. The molecule has 0 spiro atoms. The number of anilines is 2. The molecule has 7 heteroatoms. The second kappa shape index (κ2) is 9.87. The maximum absolute atomic E-state index is 13.2. The predicted octanol–water partition coefficient (Wildman–Crippen LogP) is 4.90. The van der Waals surface area contributed by atoms with Crippen molar-refractivity contribution in [3.63, 3.8) is 0 Å². The van der Waals surface area contributed by atoms with Gasteiger partial charge in [0.1, 0.15) is 5.75 Å². The number of rotatable bonds is 8. The Morgan fingerprint density at radius 3 is 2.09 bits per heavy atom. The Hall–Kier alpha value is -3.32. The van der Waals surface area contributed by atoms with Gasteiger partial charge in [0.2, 0.25) is 0 Å². The van der Waals surface area contributed by atoms with Crippen molar-refractivity contribution in [2.45, 2.75) is 31.6 Å². The van der Waals surface area contributed by atoms with Crippen molar-refractivity contribution in [3.8, 4) is 5.75 Å². The molecule has 0 bridgehead atoms. The molecule has 0 fully saturated rings. The highest BCUT2D eigenvalue weighted by atomic mass is 32.2. The molecule has 0 aromatic heterocycles. The van der Waals surface area contributed by atoms with Crippen molar-refractivity contribution in [2.24, 2.45) is 0 Å². The Balaban J connectivity index is 1.90. The topological polar surface area (TPSA) is 75.7 Å². The van der Waals surface area contributed by atoms with Crippen LogP contribution in [0.1, 0.15) is 35.3 Å². The zero-order valence-electron chi connectivity index (χ0n) is 18.8. The van der Waals surface area contributed by atoms with Gasteiger partial charge in [-0.3, -0.25) is 9.10 Å². The van der Waals surface area contributed by atoms with Gasteiger partial charge in [-0.2, -0.15) is 0 Å². The van der Waals surface area contributed by atoms with Gasteiger partial charge in [-0.25, -0.2) is 8.42 Å². The maximum atomic E-state index is 13.2. The Bertz CT molecular complexity index is 1180. The van der Waals surface area contributed by atoms with Crippen LogP contribution in [0.15, 0.2) is 71.6 Å². The number of hydrogen-bond acceptors (Lipinski definition) is 4. The van der Waals surface area contributed by atoms with E-state index in [9.17, 15) is 13.2 Å². The molecule has 0 saturated carbocycles. The van der Waals surface area contributed by atoms with E-state index < -0.39 is 10.0 Å². The minimum Gasteiger partial charge on any atom is -0.497 e. The van der Waals surface area contributed by atoms with Crippen LogP contribution in [0.4, 0.5) is 11.4 Å². The van der Waals surface area contributed by atoms with Gasteiger partial charge in [0.15, 0.2) is 0 Å². The summed E-state index contributed by atoms with van der Waals surface area (Å²) < 4.78 is 32.7. The second-order valence-electron chi connectivity index (χ2n) is 7.31. The zero-order valence-corrected chi connectivity index (χ0v) is 19.6. The van der Waals surface area contributed by atoms with Gasteiger partial charge in [-0.05, 0) is 66.4 Å². The summed E-state index contributed by atoms with van der Waals surface area (Å²) >= 11 is 0. The third-order valence-corrected chi connectivity index (χ3v) is 7.21. The van der Waals surface area contributed by atoms with Gasteiger partial charge in [-0.15, -0.1) is 0 Å². The van der Waals surface area contributed by atoms with E-state index in [1.54, 1.807) is 43.5 Å². The van der Waals surface area contributed by atoms with Crippen molar-refractivity contribution in [1.29, 1.82) is 0 Å². The number of nitrogens with zero attached hydrogens (tertiary/aromatic N) is 1. The van der Waals surface area contributed by atoms with Crippen LogP contribution in [0.25, 0.3) is 0 Å². The molecule has 3 rings (SSSR count). The van der Waals surface area contributed by atoms with Gasteiger partial charge in [-0.1, -0.05) is 38.1 Å². The molecule has 0 heterocycles. The smallest absolute Gasteiger partial charge is 0.264 e. The number of amides is 1. The Morgan fingerprint density at radius 1 is 0.938 bits per heavy atom. The molecular weight excluding hydrogens is 424 g/mol. The van der Waals surface area contributed by atoms with Crippen molar-refractivity contribution in [2.75, 3.05) is 23.8 Å². The van der Waals surface area contributed by atoms with Crippen LogP contribution in [0.5, 0.6) is 5.75 Å². The molecule has 0 atom stereocenters. The Labute approximate surface area is 189 Å². The molecule has 1 amide bonds. The number of methoxy groups -OCH3 is 1. The minimum atomic E-state index is -3.85. The molecule has 1 N–H and O–H groups in total. The first-order valence-electron chi connectivity index (χ1n) is 10.5. The van der Waals surface area contributed by atoms with Crippen molar-refractivity contribution >= 4 is 27.3 Å². The predicted molar refractivity (Wildman–Crippen MR) is 128 cm³/mol. The second-order valence-corrected chi connectivity index (χ2v) is 9.28. The molecular formula is C25H28N2O4S. The average molecular weight is 453 g/mol. The summed E-state index contributed by atoms with van der Waals surface area (Å²) in [6, 6.07) is 18.8. The molecule has 0 unspecified atom stereocenters. The standard InChI is InChI=1S/C25H28N2O4S/c1-5-18-9-7-10-19(6-2)24(18)26-25(28)20-11-8-12-23(17-20)32(29,30)27(3)21-13-15-22(31-4)16-14-21/h7-17H,5-6H2,1-4H3,(H,26,28). The third kappa shape index (κ3) is 4.78. The van der Waals surface area contributed by atoms with E-state index in [0.717, 1.165) is 29.7 Å². The summed E-state index contributed by atoms with van der Waals surface area (Å²) in [6.07, 6.45) is 1.56. The zero-order chi connectivity index (χ0) is 23.3. The number of carbonyl (C=O) groups excluding carboxylic acids is 1. The number of benzene rings is 3. The van der Waals surface area contributed by atoms with E-state index in [-0.39, 0.29) is 16.4 Å². The fourth-order valence-electron chi connectivity index (χ4n) is 3.48. The summed E-state index contributed by atoms with van der Waals surface area (Å²) in [7, 11) is -0.823. The first kappa shape index (κ1) is 23.3. The van der Waals surface area contributed by atoms with E-state index in [1.165, 1.54) is 23.5 Å². The van der Waals surface area contributed by atoms with Crippen LogP contribution in [0.2, 0.25) is 0 Å². The van der Waals surface area contributed by atoms with E-state index in [1.807, 2.05) is 32.0 Å². The fourth-order valence-corrected chi connectivity index (χ4v) is 4.72. The monoisotopic (exact) mass is 452 g/mol. The molecule has 3 aromatic carbocycles. The molecule has 32 heavy (non-hydrogen) atoms. The highest BCUT2D eigenvalue weighted by Gasteiger charge is 2.23. The number of carbonyl (C=O) groups is 1. The SMILES string of the molecule is CCc1cccc(CC)c1NC(=O)c1cccc(S(=O)(=O)N(C)c2ccc(OC)cc2)c1. The highest BCUT2D eigenvalue weighted by molar-refractivity contribution is 7.92. The lowest BCUT2D eigenvalue weighted by atomic mass is 10.0. The quantitative estimate of drug-likeness (QED) is 0.528. The summed E-state index contributed by atoms with van der Waals surface area (Å²) in [4.78, 5) is 13.1. The number of hydrogen-bond donors (Lipinski definition) is 1. The summed E-state index contributed by atoms with van der Waals surface area (Å²) in [5, 5.41) is 2.99. The molecule has 0 saturated heterocycles. The number of aryl methyl sites for hydroxylation is 2. The lowest BCUT2D eigenvalue weighted by Crippen LogP contribution is -2.27. The largest absolute Gasteiger partial charge is 0.497 e. The van der Waals surface area contributed by atoms with Crippen LogP contribution in [0.3, 0.4) is 0 Å². The van der Waals surface area contributed by atoms with Gasteiger partial charge >= 0.3 is 0 Å². The lowest BCUT2D eigenvalue weighted by Gasteiger charge is -2.20. The van der Waals surface area contributed by atoms with E-state index >= 15 is 0 Å². The molecule has 6 nitrogen and oxygen atoms in total. The van der Waals surface area contributed by atoms with Crippen molar-refractivity contribution in [1.82, 2.24) is 0 Å². The van der Waals surface area contributed by atoms with Gasteiger partial charge in [0, 0.05) is 18.3 Å². The van der Waals surface area contributed by atoms with Gasteiger partial charge < -0.3 is 10.1 Å². The molecule has 0 aliphatic rings. The molecule has 3 aromatic rings. The number of ether oxygens (including phenoxy) is 1. The normalized spacial score (nSPS) is 11.1. The summed E-state index contributed by atoms with van der Waals surface area (Å²) in [5.74, 6) is 0.293. The Kier molecular flexibility index (Phi) is 7.20. The van der Waals surface area contributed by atoms with E-state index in [4.69, 9.17) is 4.74 Å². The number of nitrogens with one attached hydrogen (secondary N) is 1. The van der Waals surface area contributed by atoms with Crippen molar-refractivity contribution in [3.05, 3.63) is 83.4 Å².